The molecule has 0 bridgehead atoms. The molecule has 110 valence electrons. The molecule has 1 aliphatic carbocycles. The zero-order chi connectivity index (χ0) is 15.0. The number of rotatable bonds is 7. The number of hydrogen-bond donors (Lipinski definition) is 1. The largest absolute Gasteiger partial charge is 0.327 e. The van der Waals surface area contributed by atoms with Crippen LogP contribution in [0.3, 0.4) is 0 Å². The van der Waals surface area contributed by atoms with E-state index in [9.17, 15) is 0 Å². The first-order valence-electron chi connectivity index (χ1n) is 7.78. The van der Waals surface area contributed by atoms with Gasteiger partial charge in [-0.3, -0.25) is 0 Å². The molecule has 0 unspecified atom stereocenters. The molecule has 1 aliphatic rings. The highest BCUT2D eigenvalue weighted by molar-refractivity contribution is 5.44. The summed E-state index contributed by atoms with van der Waals surface area (Å²) in [7, 11) is 0. The van der Waals surface area contributed by atoms with Crippen LogP contribution in [0.15, 0.2) is 35.5 Å². The Morgan fingerprint density at radius 2 is 2.05 bits per heavy atom. The molecule has 0 saturated heterocycles. The Morgan fingerprint density at radius 1 is 1.40 bits per heavy atom. The second-order valence-corrected chi connectivity index (χ2v) is 6.20. The van der Waals surface area contributed by atoms with Crippen molar-refractivity contribution >= 4 is 0 Å². The molecule has 0 atom stereocenters. The topological polar surface area (TPSA) is 26.0 Å². The number of nitrogens with two attached hydrogens (primary N) is 1. The van der Waals surface area contributed by atoms with Crippen LogP contribution in [-0.2, 0) is 0 Å². The highest BCUT2D eigenvalue weighted by Crippen LogP contribution is 2.47. The Bertz CT molecular complexity index is 425. The maximum absolute atomic E-state index is 5.68. The van der Waals surface area contributed by atoms with Crippen LogP contribution < -0.4 is 5.73 Å². The van der Waals surface area contributed by atoms with E-state index in [-0.39, 0.29) is 0 Å². The van der Waals surface area contributed by atoms with Crippen molar-refractivity contribution in [2.24, 2.45) is 11.1 Å². The van der Waals surface area contributed by atoms with Gasteiger partial charge in [0.1, 0.15) is 0 Å². The number of terminal acetylenes is 1. The van der Waals surface area contributed by atoms with Gasteiger partial charge in [-0.2, -0.15) is 0 Å². The molecule has 0 spiro atoms. The summed E-state index contributed by atoms with van der Waals surface area (Å²) in [4.78, 5) is 0. The van der Waals surface area contributed by atoms with E-state index < -0.39 is 0 Å². The fraction of sp³-hybridized carbons (Fsp3) is 0.579. The second kappa shape index (κ2) is 8.12. The van der Waals surface area contributed by atoms with E-state index in [1.165, 1.54) is 44.1 Å². The van der Waals surface area contributed by atoms with Crippen LogP contribution in [0.25, 0.3) is 0 Å². The van der Waals surface area contributed by atoms with E-state index in [1.54, 1.807) is 0 Å². The molecule has 0 amide bonds. The van der Waals surface area contributed by atoms with Gasteiger partial charge < -0.3 is 5.73 Å². The van der Waals surface area contributed by atoms with Crippen molar-refractivity contribution in [1.29, 1.82) is 0 Å². The van der Waals surface area contributed by atoms with E-state index >= 15 is 0 Å². The summed E-state index contributed by atoms with van der Waals surface area (Å²) in [5.41, 5.74) is 9.54. The van der Waals surface area contributed by atoms with Crippen molar-refractivity contribution in [3.63, 3.8) is 0 Å². The lowest BCUT2D eigenvalue weighted by Crippen LogP contribution is -2.17. The molecule has 0 aromatic heterocycles. The molecule has 1 fully saturated rings. The minimum absolute atomic E-state index is 0.462. The number of hydrogen-bond acceptors (Lipinski definition) is 1. The standard InChI is InChI=1S/C19H29N/c1-5-9-18(13-16(3)15-20)17(4)14-19(10-6-2)11-7-8-12-19/h1,9,13H,4,6-8,10-12,14-15,20H2,2-3H3/b16-13-,18-9+. The molecular formula is C19H29N. The van der Waals surface area contributed by atoms with Crippen LogP contribution in [0.2, 0.25) is 0 Å². The predicted octanol–water partition coefficient (Wildman–Crippen LogP) is 4.76. The third-order valence-corrected chi connectivity index (χ3v) is 4.40. The monoisotopic (exact) mass is 271 g/mol. The van der Waals surface area contributed by atoms with Gasteiger partial charge in [-0.25, -0.2) is 0 Å². The third-order valence-electron chi connectivity index (χ3n) is 4.40. The van der Waals surface area contributed by atoms with Crippen LogP contribution in [0.5, 0.6) is 0 Å². The Labute approximate surface area is 125 Å². The molecule has 0 aromatic rings. The number of allylic oxidation sites excluding steroid dienone is 4. The zero-order valence-electron chi connectivity index (χ0n) is 13.2. The van der Waals surface area contributed by atoms with Crippen molar-refractivity contribution in [2.45, 2.75) is 58.8 Å². The lowest BCUT2D eigenvalue weighted by atomic mass is 9.75. The Hall–Kier alpha value is -1.26. The molecule has 0 radical (unpaired) electrons. The first-order chi connectivity index (χ1) is 9.56. The normalized spacial score (nSPS) is 18.9. The summed E-state index contributed by atoms with van der Waals surface area (Å²) < 4.78 is 0. The van der Waals surface area contributed by atoms with E-state index in [4.69, 9.17) is 12.2 Å². The van der Waals surface area contributed by atoms with Gasteiger partial charge in [-0.15, -0.1) is 6.42 Å². The molecule has 1 nitrogen and oxygen atoms in total. The summed E-state index contributed by atoms with van der Waals surface area (Å²) in [6.07, 6.45) is 18.4. The van der Waals surface area contributed by atoms with Gasteiger partial charge in [-0.1, -0.05) is 50.3 Å². The van der Waals surface area contributed by atoms with Crippen LogP contribution in [0, 0.1) is 17.8 Å². The van der Waals surface area contributed by atoms with Crippen LogP contribution in [0.4, 0.5) is 0 Å². The van der Waals surface area contributed by atoms with E-state index in [0.717, 1.165) is 17.6 Å². The smallest absolute Gasteiger partial charge is 0.0137 e. The highest BCUT2D eigenvalue weighted by atomic mass is 14.5. The van der Waals surface area contributed by atoms with Crippen molar-refractivity contribution in [1.82, 2.24) is 0 Å². The second-order valence-electron chi connectivity index (χ2n) is 6.20. The first-order valence-corrected chi connectivity index (χ1v) is 7.78. The summed E-state index contributed by atoms with van der Waals surface area (Å²) in [6.45, 7) is 9.18. The van der Waals surface area contributed by atoms with Gasteiger partial charge >= 0.3 is 0 Å². The molecule has 1 rings (SSSR count). The summed E-state index contributed by atoms with van der Waals surface area (Å²) >= 11 is 0. The minimum Gasteiger partial charge on any atom is -0.327 e. The van der Waals surface area contributed by atoms with Gasteiger partial charge in [0.05, 0.1) is 0 Å². The molecular weight excluding hydrogens is 242 g/mol. The zero-order valence-corrected chi connectivity index (χ0v) is 13.2. The SMILES string of the molecule is C#C/C=C(\C=C(\C)CN)C(=C)CC1(CCC)CCCC1. The average Bonchev–Trinajstić information content (AvgIpc) is 2.86. The molecule has 1 saturated carbocycles. The maximum atomic E-state index is 5.68. The molecule has 0 aromatic carbocycles. The van der Waals surface area contributed by atoms with E-state index in [2.05, 4.69) is 25.5 Å². The summed E-state index contributed by atoms with van der Waals surface area (Å²) in [6, 6.07) is 0. The summed E-state index contributed by atoms with van der Waals surface area (Å²) in [5.74, 6) is 2.64. The van der Waals surface area contributed by atoms with Crippen molar-refractivity contribution in [2.75, 3.05) is 6.54 Å². The first kappa shape index (κ1) is 16.8. The quantitative estimate of drug-likeness (QED) is 0.524. The Morgan fingerprint density at radius 3 is 2.55 bits per heavy atom. The van der Waals surface area contributed by atoms with Crippen LogP contribution in [-0.4, -0.2) is 6.54 Å². The third kappa shape index (κ3) is 4.69. The Balaban J connectivity index is 2.86. The molecule has 2 N–H and O–H groups in total. The van der Waals surface area contributed by atoms with Crippen molar-refractivity contribution < 1.29 is 0 Å². The van der Waals surface area contributed by atoms with Gasteiger partial charge in [0.25, 0.3) is 0 Å². The van der Waals surface area contributed by atoms with Crippen molar-refractivity contribution in [3.05, 3.63) is 35.5 Å². The lowest BCUT2D eigenvalue weighted by Gasteiger charge is -2.30. The maximum Gasteiger partial charge on any atom is 0.0137 e. The fourth-order valence-corrected chi connectivity index (χ4v) is 3.39. The lowest BCUT2D eigenvalue weighted by molar-refractivity contribution is 0.267. The predicted molar refractivity (Wildman–Crippen MR) is 89.3 cm³/mol. The average molecular weight is 271 g/mol. The van der Waals surface area contributed by atoms with E-state index in [1.807, 2.05) is 13.0 Å². The van der Waals surface area contributed by atoms with Gasteiger partial charge in [0.2, 0.25) is 0 Å². The highest BCUT2D eigenvalue weighted by Gasteiger charge is 2.33. The van der Waals surface area contributed by atoms with Gasteiger partial charge in [0, 0.05) is 6.54 Å². The minimum atomic E-state index is 0.462. The molecule has 0 aliphatic heterocycles. The Kier molecular flexibility index (Phi) is 6.82. The summed E-state index contributed by atoms with van der Waals surface area (Å²) in [5, 5.41) is 0. The van der Waals surface area contributed by atoms with Crippen molar-refractivity contribution in [3.8, 4) is 12.3 Å². The molecule has 20 heavy (non-hydrogen) atoms. The van der Waals surface area contributed by atoms with Gasteiger partial charge in [-0.05, 0) is 55.2 Å². The van der Waals surface area contributed by atoms with Gasteiger partial charge in [0.15, 0.2) is 0 Å². The van der Waals surface area contributed by atoms with Crippen LogP contribution >= 0.6 is 0 Å². The fourth-order valence-electron chi connectivity index (χ4n) is 3.39. The molecule has 1 heteroatoms. The molecule has 0 heterocycles. The van der Waals surface area contributed by atoms with Crippen LogP contribution in [0.1, 0.15) is 58.8 Å². The van der Waals surface area contributed by atoms with E-state index in [0.29, 0.717) is 12.0 Å².